The minimum absolute atomic E-state index is 0.0381. The molecule has 1 saturated heterocycles. The summed E-state index contributed by atoms with van der Waals surface area (Å²) in [7, 11) is -3.78. The second kappa shape index (κ2) is 7.61. The number of nitrogens with one attached hydrogen (secondary N) is 2. The van der Waals surface area contributed by atoms with E-state index in [-0.39, 0.29) is 23.3 Å². The number of rotatable bonds is 4. The van der Waals surface area contributed by atoms with Crippen molar-refractivity contribution in [2.24, 2.45) is 5.14 Å². The summed E-state index contributed by atoms with van der Waals surface area (Å²) in [4.78, 5) is 26.2. The Labute approximate surface area is 163 Å². The Morgan fingerprint density at radius 3 is 2.39 bits per heavy atom. The lowest BCUT2D eigenvalue weighted by Crippen LogP contribution is -2.39. The summed E-state index contributed by atoms with van der Waals surface area (Å²) in [6.45, 7) is 4.39. The van der Waals surface area contributed by atoms with Gasteiger partial charge in [0.2, 0.25) is 15.9 Å². The van der Waals surface area contributed by atoms with E-state index in [1.807, 2.05) is 32.0 Å². The zero-order chi connectivity index (χ0) is 20.5. The van der Waals surface area contributed by atoms with Gasteiger partial charge in [0.25, 0.3) is 0 Å². The van der Waals surface area contributed by atoms with Crippen molar-refractivity contribution in [1.82, 2.24) is 5.32 Å². The largest absolute Gasteiger partial charge is 0.333 e. The van der Waals surface area contributed by atoms with Crippen LogP contribution in [-0.2, 0) is 14.8 Å². The Hall–Kier alpha value is -2.91. The van der Waals surface area contributed by atoms with Gasteiger partial charge in [-0.1, -0.05) is 6.07 Å². The number of hydrogen-bond donors (Lipinski definition) is 3. The van der Waals surface area contributed by atoms with Crippen LogP contribution >= 0.6 is 0 Å². The van der Waals surface area contributed by atoms with Crippen molar-refractivity contribution in [3.63, 3.8) is 0 Å². The minimum atomic E-state index is -3.78. The molecule has 3 amide bonds. The number of amides is 3. The number of sulfonamides is 1. The van der Waals surface area contributed by atoms with E-state index in [4.69, 9.17) is 5.14 Å². The first kappa shape index (κ1) is 19.8. The van der Waals surface area contributed by atoms with Crippen LogP contribution in [0.5, 0.6) is 0 Å². The summed E-state index contributed by atoms with van der Waals surface area (Å²) in [5.74, 6) is -0.0499. The number of carbonyl (C=O) groups excluding carboxylic acids is 2. The minimum Gasteiger partial charge on any atom is -0.333 e. The molecule has 28 heavy (non-hydrogen) atoms. The van der Waals surface area contributed by atoms with Crippen molar-refractivity contribution in [2.75, 3.05) is 16.8 Å². The Bertz CT molecular complexity index is 1020. The van der Waals surface area contributed by atoms with E-state index in [1.165, 1.54) is 24.3 Å². The molecule has 0 bridgehead atoms. The number of carbonyl (C=O) groups is 2. The molecule has 0 aromatic heterocycles. The first-order valence-corrected chi connectivity index (χ1v) is 10.3. The van der Waals surface area contributed by atoms with Crippen LogP contribution in [0.4, 0.5) is 16.2 Å². The van der Waals surface area contributed by atoms with E-state index >= 15 is 0 Å². The molecule has 9 heteroatoms. The average molecular weight is 402 g/mol. The van der Waals surface area contributed by atoms with Crippen molar-refractivity contribution >= 4 is 33.3 Å². The molecule has 0 spiro atoms. The van der Waals surface area contributed by atoms with Crippen molar-refractivity contribution in [3.05, 3.63) is 53.6 Å². The van der Waals surface area contributed by atoms with Gasteiger partial charge in [-0.3, -0.25) is 4.79 Å². The van der Waals surface area contributed by atoms with Crippen molar-refractivity contribution in [1.29, 1.82) is 0 Å². The zero-order valence-corrected chi connectivity index (χ0v) is 16.4. The monoisotopic (exact) mass is 402 g/mol. The summed E-state index contributed by atoms with van der Waals surface area (Å²) >= 11 is 0. The molecule has 0 saturated carbocycles. The molecular formula is C19H22N4O4S. The summed E-state index contributed by atoms with van der Waals surface area (Å²) in [6.07, 6.45) is 0.213. The van der Waals surface area contributed by atoms with Gasteiger partial charge in [0.1, 0.15) is 0 Å². The van der Waals surface area contributed by atoms with Gasteiger partial charge < -0.3 is 15.5 Å². The van der Waals surface area contributed by atoms with Gasteiger partial charge in [0.15, 0.2) is 0 Å². The number of primary sulfonamides is 1. The van der Waals surface area contributed by atoms with E-state index < -0.39 is 16.1 Å². The number of nitrogens with two attached hydrogens (primary N) is 1. The second-order valence-corrected chi connectivity index (χ2v) is 8.40. The van der Waals surface area contributed by atoms with Crippen LogP contribution in [0.2, 0.25) is 0 Å². The molecule has 0 aliphatic carbocycles. The molecule has 8 nitrogen and oxygen atoms in total. The number of nitrogens with zero attached hydrogens (tertiary/aromatic N) is 1. The smallest absolute Gasteiger partial charge is 0.319 e. The highest BCUT2D eigenvalue weighted by molar-refractivity contribution is 7.89. The molecule has 4 N–H and O–H groups in total. The molecule has 3 rings (SSSR count). The van der Waals surface area contributed by atoms with Gasteiger partial charge in [-0.25, -0.2) is 18.4 Å². The Balaban J connectivity index is 1.60. The van der Waals surface area contributed by atoms with Crippen LogP contribution in [0.25, 0.3) is 0 Å². The fourth-order valence-corrected chi connectivity index (χ4v) is 3.54. The third-order valence-corrected chi connectivity index (χ3v) is 5.63. The van der Waals surface area contributed by atoms with Crippen LogP contribution in [-0.4, -0.2) is 32.9 Å². The summed E-state index contributed by atoms with van der Waals surface area (Å²) in [5, 5.41) is 10.4. The van der Waals surface area contributed by atoms with Crippen LogP contribution in [0, 0.1) is 13.8 Å². The van der Waals surface area contributed by atoms with Gasteiger partial charge in [-0.05, 0) is 61.4 Å². The van der Waals surface area contributed by atoms with Crippen LogP contribution in [0.15, 0.2) is 47.4 Å². The normalized spacial score (nSPS) is 16.9. The van der Waals surface area contributed by atoms with Crippen LogP contribution < -0.4 is 20.7 Å². The predicted octanol–water partition coefficient (Wildman–Crippen LogP) is 1.88. The van der Waals surface area contributed by atoms with Gasteiger partial charge in [0, 0.05) is 24.3 Å². The highest BCUT2D eigenvalue weighted by atomic mass is 32.2. The van der Waals surface area contributed by atoms with Crippen molar-refractivity contribution in [2.45, 2.75) is 31.2 Å². The van der Waals surface area contributed by atoms with E-state index in [9.17, 15) is 18.0 Å². The predicted molar refractivity (Wildman–Crippen MR) is 107 cm³/mol. The van der Waals surface area contributed by atoms with Gasteiger partial charge in [0.05, 0.1) is 10.9 Å². The third-order valence-electron chi connectivity index (χ3n) is 4.70. The van der Waals surface area contributed by atoms with E-state index in [1.54, 1.807) is 4.90 Å². The highest BCUT2D eigenvalue weighted by Crippen LogP contribution is 2.24. The molecule has 2 aromatic rings. The van der Waals surface area contributed by atoms with Gasteiger partial charge >= 0.3 is 6.03 Å². The van der Waals surface area contributed by atoms with E-state index in [2.05, 4.69) is 10.6 Å². The third kappa shape index (κ3) is 4.49. The van der Waals surface area contributed by atoms with Crippen LogP contribution in [0.1, 0.15) is 17.5 Å². The van der Waals surface area contributed by atoms with Crippen LogP contribution in [0.3, 0.4) is 0 Å². The maximum absolute atomic E-state index is 12.3. The molecule has 0 radical (unpaired) electrons. The molecular weight excluding hydrogens is 380 g/mol. The number of anilines is 2. The second-order valence-electron chi connectivity index (χ2n) is 6.84. The lowest BCUT2D eigenvalue weighted by Gasteiger charge is -2.18. The number of hydrogen-bond acceptors (Lipinski definition) is 4. The van der Waals surface area contributed by atoms with Crippen molar-refractivity contribution < 1.29 is 18.0 Å². The Morgan fingerprint density at radius 1 is 1.11 bits per heavy atom. The SMILES string of the molecule is Cc1ccc(N2CC(NC(=O)Nc3ccc(S(N)(=O)=O)cc3)CC2=O)cc1C. The molecule has 1 atom stereocenters. The number of urea groups is 1. The topological polar surface area (TPSA) is 122 Å². The van der Waals surface area contributed by atoms with E-state index in [0.717, 1.165) is 16.8 Å². The summed E-state index contributed by atoms with van der Waals surface area (Å²) < 4.78 is 22.5. The van der Waals surface area contributed by atoms with Gasteiger partial charge in [-0.2, -0.15) is 0 Å². The molecule has 1 aliphatic rings. The Morgan fingerprint density at radius 2 is 1.79 bits per heavy atom. The first-order chi connectivity index (χ1) is 13.1. The summed E-state index contributed by atoms with van der Waals surface area (Å²) in [5.41, 5.74) is 3.48. The number of aryl methyl sites for hydroxylation is 2. The average Bonchev–Trinajstić information content (AvgIpc) is 2.97. The lowest BCUT2D eigenvalue weighted by molar-refractivity contribution is -0.117. The quantitative estimate of drug-likeness (QED) is 0.723. The molecule has 1 fully saturated rings. The van der Waals surface area contributed by atoms with E-state index in [0.29, 0.717) is 12.2 Å². The molecule has 148 valence electrons. The standard InChI is InChI=1S/C19H22N4O4S/c1-12-3-6-16(9-13(12)2)23-11-15(10-18(23)24)22-19(25)21-14-4-7-17(8-5-14)28(20,26)27/h3-9,15H,10-11H2,1-2H3,(H2,20,26,27)(H2,21,22,25). The molecule has 1 aliphatic heterocycles. The highest BCUT2D eigenvalue weighted by Gasteiger charge is 2.31. The molecule has 2 aromatic carbocycles. The lowest BCUT2D eigenvalue weighted by atomic mass is 10.1. The summed E-state index contributed by atoms with van der Waals surface area (Å²) in [6, 6.07) is 10.5. The molecule has 1 unspecified atom stereocenters. The Kier molecular flexibility index (Phi) is 5.39. The molecule has 1 heterocycles. The number of benzene rings is 2. The maximum atomic E-state index is 12.3. The zero-order valence-electron chi connectivity index (χ0n) is 15.6. The fraction of sp³-hybridized carbons (Fsp3) is 0.263. The van der Waals surface area contributed by atoms with Gasteiger partial charge in [-0.15, -0.1) is 0 Å². The van der Waals surface area contributed by atoms with Crippen molar-refractivity contribution in [3.8, 4) is 0 Å². The maximum Gasteiger partial charge on any atom is 0.319 e. The first-order valence-electron chi connectivity index (χ1n) is 8.71. The fourth-order valence-electron chi connectivity index (χ4n) is 3.03.